The zero-order chi connectivity index (χ0) is 6.53. The number of hydrazine groups is 1. The minimum Gasteiger partial charge on any atom is -0.331 e. The molecule has 0 atom stereocenters. The van der Waals surface area contributed by atoms with Gasteiger partial charge < -0.3 is 5.43 Å². The van der Waals surface area contributed by atoms with Gasteiger partial charge in [0, 0.05) is 12.4 Å². The highest BCUT2D eigenvalue weighted by molar-refractivity contribution is 5.73. The third-order valence-corrected chi connectivity index (χ3v) is 1.04. The third kappa shape index (κ3) is 1.70. The van der Waals surface area contributed by atoms with Crippen LogP contribution in [0, 0.1) is 0 Å². The predicted molar refractivity (Wildman–Crippen MR) is 37.9 cm³/mol. The molecule has 9 heavy (non-hydrogen) atoms. The lowest BCUT2D eigenvalue weighted by molar-refractivity contribution is 0.946. The van der Waals surface area contributed by atoms with Gasteiger partial charge in [0.2, 0.25) is 0 Å². The van der Waals surface area contributed by atoms with Crippen LogP contribution in [0.15, 0.2) is 28.9 Å². The van der Waals surface area contributed by atoms with Crippen LogP contribution in [0.5, 0.6) is 0 Å². The van der Waals surface area contributed by atoms with Crippen molar-refractivity contribution in [3.8, 4) is 0 Å². The fourth-order valence-corrected chi connectivity index (χ4v) is 0.639. The Balaban J connectivity index is 2.55. The van der Waals surface area contributed by atoms with Gasteiger partial charge in [-0.05, 0) is 11.6 Å². The average molecular weight is 123 g/mol. The van der Waals surface area contributed by atoms with Gasteiger partial charge in [0.05, 0.1) is 6.54 Å². The van der Waals surface area contributed by atoms with Gasteiger partial charge in [-0.1, -0.05) is 6.08 Å². The summed E-state index contributed by atoms with van der Waals surface area (Å²) in [6, 6.07) is 0. The molecule has 0 spiro atoms. The summed E-state index contributed by atoms with van der Waals surface area (Å²) in [5, 5.41) is 0. The molecule has 0 aromatic rings. The number of nitrogens with zero attached hydrogens (tertiary/aromatic N) is 1. The molecule has 1 aliphatic heterocycles. The van der Waals surface area contributed by atoms with Crippen molar-refractivity contribution in [2.45, 2.75) is 0 Å². The average Bonchev–Trinajstić information content (AvgIpc) is 1.91. The minimum atomic E-state index is 0.723. The van der Waals surface area contributed by atoms with Crippen LogP contribution in [0.4, 0.5) is 0 Å². The SMILES string of the molecule is NNC=C1C=CC=NC1. The Kier molecular flexibility index (Phi) is 2.04. The minimum absolute atomic E-state index is 0.723. The number of allylic oxidation sites excluding steroid dienone is 1. The summed E-state index contributed by atoms with van der Waals surface area (Å²) < 4.78 is 0. The van der Waals surface area contributed by atoms with Gasteiger partial charge in [0.25, 0.3) is 0 Å². The maximum atomic E-state index is 5.05. The molecule has 3 nitrogen and oxygen atoms in total. The molecule has 0 bridgehead atoms. The standard InChI is InChI=1S/C6H9N3/c7-9-5-6-2-1-3-8-4-6/h1-3,5,9H,4,7H2. The first-order valence-corrected chi connectivity index (χ1v) is 2.75. The molecule has 0 aromatic heterocycles. The lowest BCUT2D eigenvalue weighted by atomic mass is 10.2. The van der Waals surface area contributed by atoms with Crippen molar-refractivity contribution in [2.24, 2.45) is 10.8 Å². The molecular weight excluding hydrogens is 114 g/mol. The van der Waals surface area contributed by atoms with Crippen molar-refractivity contribution in [3.63, 3.8) is 0 Å². The fraction of sp³-hybridized carbons (Fsp3) is 0.167. The molecule has 48 valence electrons. The fourth-order valence-electron chi connectivity index (χ4n) is 0.639. The summed E-state index contributed by atoms with van der Waals surface area (Å²) in [5.74, 6) is 5.05. The second kappa shape index (κ2) is 3.04. The van der Waals surface area contributed by atoms with Crippen molar-refractivity contribution >= 4 is 6.21 Å². The van der Waals surface area contributed by atoms with Crippen molar-refractivity contribution in [3.05, 3.63) is 23.9 Å². The van der Waals surface area contributed by atoms with Crippen molar-refractivity contribution < 1.29 is 0 Å². The van der Waals surface area contributed by atoms with Gasteiger partial charge in [0.15, 0.2) is 0 Å². The van der Waals surface area contributed by atoms with E-state index in [1.54, 1.807) is 12.4 Å². The molecule has 1 heterocycles. The third-order valence-electron chi connectivity index (χ3n) is 1.04. The van der Waals surface area contributed by atoms with Crippen LogP contribution >= 0.6 is 0 Å². The molecule has 3 heteroatoms. The Morgan fingerprint density at radius 3 is 3.22 bits per heavy atom. The Morgan fingerprint density at radius 2 is 2.67 bits per heavy atom. The molecule has 0 radical (unpaired) electrons. The van der Waals surface area contributed by atoms with E-state index in [0.29, 0.717) is 0 Å². The maximum Gasteiger partial charge on any atom is 0.0654 e. The van der Waals surface area contributed by atoms with E-state index in [2.05, 4.69) is 10.4 Å². The number of nitrogens with two attached hydrogens (primary N) is 1. The number of rotatable bonds is 1. The van der Waals surface area contributed by atoms with Crippen LogP contribution in [0.25, 0.3) is 0 Å². The van der Waals surface area contributed by atoms with E-state index in [1.807, 2.05) is 12.2 Å². The van der Waals surface area contributed by atoms with E-state index in [-0.39, 0.29) is 0 Å². The Morgan fingerprint density at radius 1 is 1.78 bits per heavy atom. The Hall–Kier alpha value is -1.09. The summed E-state index contributed by atoms with van der Waals surface area (Å²) >= 11 is 0. The summed E-state index contributed by atoms with van der Waals surface area (Å²) in [7, 11) is 0. The van der Waals surface area contributed by atoms with Gasteiger partial charge in [-0.15, -0.1) is 0 Å². The Labute approximate surface area is 53.9 Å². The van der Waals surface area contributed by atoms with Crippen LogP contribution in [0.1, 0.15) is 0 Å². The largest absolute Gasteiger partial charge is 0.331 e. The summed E-state index contributed by atoms with van der Waals surface area (Å²) in [4.78, 5) is 4.00. The monoisotopic (exact) mass is 123 g/mol. The second-order valence-electron chi connectivity index (χ2n) is 1.73. The number of aliphatic imine (C=N–C) groups is 1. The highest BCUT2D eigenvalue weighted by atomic mass is 15.2. The van der Waals surface area contributed by atoms with Gasteiger partial charge in [-0.3, -0.25) is 10.8 Å². The van der Waals surface area contributed by atoms with Crippen LogP contribution in [-0.2, 0) is 0 Å². The molecule has 0 saturated carbocycles. The molecule has 0 aliphatic carbocycles. The summed E-state index contributed by atoms with van der Waals surface area (Å²) in [6.45, 7) is 0.723. The van der Waals surface area contributed by atoms with Crippen molar-refractivity contribution in [1.82, 2.24) is 5.43 Å². The second-order valence-corrected chi connectivity index (χ2v) is 1.73. The van der Waals surface area contributed by atoms with Gasteiger partial charge in [-0.25, -0.2) is 0 Å². The first-order chi connectivity index (χ1) is 4.43. The van der Waals surface area contributed by atoms with Gasteiger partial charge in [-0.2, -0.15) is 0 Å². The van der Waals surface area contributed by atoms with Crippen LogP contribution < -0.4 is 11.3 Å². The molecule has 1 rings (SSSR count). The quantitative estimate of drug-likeness (QED) is 0.380. The van der Waals surface area contributed by atoms with E-state index in [0.717, 1.165) is 12.1 Å². The predicted octanol–water partition coefficient (Wildman–Crippen LogP) is -0.0258. The zero-order valence-electron chi connectivity index (χ0n) is 5.04. The maximum absolute atomic E-state index is 5.05. The van der Waals surface area contributed by atoms with E-state index in [1.165, 1.54) is 0 Å². The smallest absolute Gasteiger partial charge is 0.0654 e. The van der Waals surface area contributed by atoms with Crippen molar-refractivity contribution in [1.29, 1.82) is 0 Å². The molecule has 0 aromatic carbocycles. The molecule has 0 unspecified atom stereocenters. The molecule has 1 aliphatic rings. The molecule has 0 fully saturated rings. The highest BCUT2D eigenvalue weighted by Crippen LogP contribution is 1.98. The summed E-state index contributed by atoms with van der Waals surface area (Å²) in [5.41, 5.74) is 3.55. The van der Waals surface area contributed by atoms with E-state index in [9.17, 15) is 0 Å². The number of dihydropyridines is 1. The van der Waals surface area contributed by atoms with Gasteiger partial charge in [0.1, 0.15) is 0 Å². The number of nitrogens with one attached hydrogen (secondary N) is 1. The zero-order valence-corrected chi connectivity index (χ0v) is 5.04. The highest BCUT2D eigenvalue weighted by Gasteiger charge is 1.90. The Bertz CT molecular complexity index is 167. The molecular formula is C6H9N3. The van der Waals surface area contributed by atoms with E-state index < -0.39 is 0 Å². The lowest BCUT2D eigenvalue weighted by Crippen LogP contribution is -2.14. The molecule has 3 N–H and O–H groups in total. The van der Waals surface area contributed by atoms with Crippen molar-refractivity contribution in [2.75, 3.05) is 6.54 Å². The van der Waals surface area contributed by atoms with E-state index >= 15 is 0 Å². The summed E-state index contributed by atoms with van der Waals surface area (Å²) in [6.07, 6.45) is 7.35. The molecule has 0 amide bonds. The lowest BCUT2D eigenvalue weighted by Gasteiger charge is -1.99. The first kappa shape index (κ1) is 6.04. The van der Waals surface area contributed by atoms with E-state index in [4.69, 9.17) is 5.84 Å². The first-order valence-electron chi connectivity index (χ1n) is 2.75. The van der Waals surface area contributed by atoms with Crippen LogP contribution in [0.3, 0.4) is 0 Å². The number of hydrogen-bond acceptors (Lipinski definition) is 3. The van der Waals surface area contributed by atoms with Gasteiger partial charge >= 0.3 is 0 Å². The normalized spacial score (nSPS) is 20.8. The molecule has 0 saturated heterocycles. The van der Waals surface area contributed by atoms with Crippen LogP contribution in [0.2, 0.25) is 0 Å². The topological polar surface area (TPSA) is 50.4 Å². The number of hydrogen-bond donors (Lipinski definition) is 2. The van der Waals surface area contributed by atoms with Crippen LogP contribution in [-0.4, -0.2) is 12.8 Å².